The quantitative estimate of drug-likeness (QED) is 0.788. The molecule has 1 aliphatic rings. The van der Waals surface area contributed by atoms with Crippen molar-refractivity contribution in [3.63, 3.8) is 0 Å². The molecule has 1 heterocycles. The third-order valence-electron chi connectivity index (χ3n) is 2.00. The van der Waals surface area contributed by atoms with Crippen molar-refractivity contribution in [3.05, 3.63) is 9.77 Å². The van der Waals surface area contributed by atoms with E-state index >= 15 is 0 Å². The average Bonchev–Trinajstić information content (AvgIpc) is 2.80. The number of aryl methyl sites for hydroxylation is 1. The van der Waals surface area contributed by atoms with Crippen molar-refractivity contribution in [2.24, 2.45) is 13.0 Å². The molecule has 12 heavy (non-hydrogen) atoms. The first-order valence-corrected chi connectivity index (χ1v) is 5.15. The maximum atomic E-state index is 5.62. The first-order chi connectivity index (χ1) is 5.77. The highest BCUT2D eigenvalue weighted by Gasteiger charge is 2.22. The highest BCUT2D eigenvalue weighted by Crippen LogP contribution is 2.30. The lowest BCUT2D eigenvalue weighted by Crippen LogP contribution is -2.04. The van der Waals surface area contributed by atoms with Crippen molar-refractivity contribution in [2.75, 3.05) is 6.61 Å². The Morgan fingerprint density at radius 3 is 3.00 bits per heavy atom. The van der Waals surface area contributed by atoms with Gasteiger partial charge in [-0.25, -0.2) is 4.68 Å². The van der Waals surface area contributed by atoms with Gasteiger partial charge >= 0.3 is 0 Å². The predicted molar refractivity (Wildman–Crippen MR) is 54.1 cm³/mol. The Bertz CT molecular complexity index is 261. The van der Waals surface area contributed by atoms with Gasteiger partial charge in [-0.3, -0.25) is 0 Å². The fraction of sp³-hybridized carbons (Fsp3) is 0.625. The van der Waals surface area contributed by atoms with Gasteiger partial charge in [-0.1, -0.05) is 0 Å². The van der Waals surface area contributed by atoms with E-state index in [9.17, 15) is 0 Å². The van der Waals surface area contributed by atoms with Crippen LogP contribution in [0.3, 0.4) is 0 Å². The van der Waals surface area contributed by atoms with Crippen LogP contribution in [0.4, 0.5) is 0 Å². The Morgan fingerprint density at radius 1 is 1.75 bits per heavy atom. The molecule has 1 fully saturated rings. The zero-order valence-corrected chi connectivity index (χ0v) is 9.11. The van der Waals surface area contributed by atoms with E-state index in [1.165, 1.54) is 12.8 Å². The molecule has 0 unspecified atom stereocenters. The maximum Gasteiger partial charge on any atom is 0.225 e. The molecule has 0 N–H and O–H groups in total. The normalized spacial score (nSPS) is 16.5. The first-order valence-electron chi connectivity index (χ1n) is 4.07. The fourth-order valence-corrected chi connectivity index (χ4v) is 1.67. The molecule has 66 valence electrons. The minimum Gasteiger partial charge on any atom is -0.477 e. The van der Waals surface area contributed by atoms with Crippen LogP contribution in [0.2, 0.25) is 0 Å². The highest BCUT2D eigenvalue weighted by atomic mass is 127. The molecule has 0 aromatic carbocycles. The lowest BCUT2D eigenvalue weighted by atomic mass is 10.5. The minimum absolute atomic E-state index is 0.802. The molecule has 1 saturated carbocycles. The van der Waals surface area contributed by atoms with Crippen LogP contribution in [0.25, 0.3) is 0 Å². The SMILES string of the molecule is Cn1ncc(I)c1OCC1CC1. The summed E-state index contributed by atoms with van der Waals surface area (Å²) in [4.78, 5) is 0. The molecule has 0 bridgehead atoms. The summed E-state index contributed by atoms with van der Waals surface area (Å²) in [7, 11) is 1.91. The van der Waals surface area contributed by atoms with Crippen LogP contribution in [-0.2, 0) is 7.05 Å². The molecule has 0 saturated heterocycles. The Kier molecular flexibility index (Phi) is 2.25. The molecule has 0 atom stereocenters. The largest absolute Gasteiger partial charge is 0.477 e. The second-order valence-corrected chi connectivity index (χ2v) is 4.34. The van der Waals surface area contributed by atoms with Crippen molar-refractivity contribution < 1.29 is 4.74 Å². The van der Waals surface area contributed by atoms with Crippen LogP contribution in [0, 0.1) is 9.49 Å². The Hall–Kier alpha value is -0.260. The van der Waals surface area contributed by atoms with Crippen LogP contribution >= 0.6 is 22.6 Å². The lowest BCUT2D eigenvalue weighted by Gasteiger charge is -2.04. The molecule has 1 aromatic rings. The van der Waals surface area contributed by atoms with Gasteiger partial charge in [0, 0.05) is 7.05 Å². The second-order valence-electron chi connectivity index (χ2n) is 3.18. The van der Waals surface area contributed by atoms with E-state index in [-0.39, 0.29) is 0 Å². The zero-order valence-electron chi connectivity index (χ0n) is 6.96. The molecule has 4 heteroatoms. The van der Waals surface area contributed by atoms with E-state index in [1.54, 1.807) is 4.68 Å². The van der Waals surface area contributed by atoms with Crippen molar-refractivity contribution in [2.45, 2.75) is 12.8 Å². The monoisotopic (exact) mass is 278 g/mol. The Morgan fingerprint density at radius 2 is 2.50 bits per heavy atom. The van der Waals surface area contributed by atoms with E-state index < -0.39 is 0 Å². The van der Waals surface area contributed by atoms with Gasteiger partial charge in [0.05, 0.1) is 16.4 Å². The molecule has 0 amide bonds. The number of hydrogen-bond acceptors (Lipinski definition) is 2. The van der Waals surface area contributed by atoms with E-state index in [0.717, 1.165) is 22.0 Å². The molecule has 0 radical (unpaired) electrons. The van der Waals surface area contributed by atoms with Crippen molar-refractivity contribution >= 4 is 22.6 Å². The molecule has 0 aliphatic heterocycles. The number of aromatic nitrogens is 2. The van der Waals surface area contributed by atoms with Crippen molar-refractivity contribution in [3.8, 4) is 5.88 Å². The van der Waals surface area contributed by atoms with Gasteiger partial charge in [0.2, 0.25) is 5.88 Å². The van der Waals surface area contributed by atoms with Crippen LogP contribution < -0.4 is 4.74 Å². The molecular formula is C8H11IN2O. The van der Waals surface area contributed by atoms with Crippen LogP contribution in [0.15, 0.2) is 6.20 Å². The zero-order chi connectivity index (χ0) is 8.55. The topological polar surface area (TPSA) is 27.1 Å². The highest BCUT2D eigenvalue weighted by molar-refractivity contribution is 14.1. The standard InChI is InChI=1S/C8H11IN2O/c1-11-8(7(9)4-10-11)12-5-6-2-3-6/h4,6H,2-3,5H2,1H3. The van der Waals surface area contributed by atoms with Crippen LogP contribution in [0.5, 0.6) is 5.88 Å². The summed E-state index contributed by atoms with van der Waals surface area (Å²) in [6.45, 7) is 0.857. The number of ether oxygens (including phenoxy) is 1. The second kappa shape index (κ2) is 3.24. The van der Waals surface area contributed by atoms with Gasteiger partial charge in [-0.15, -0.1) is 0 Å². The maximum absolute atomic E-state index is 5.62. The third kappa shape index (κ3) is 1.73. The molecule has 2 rings (SSSR count). The summed E-state index contributed by atoms with van der Waals surface area (Å²) in [5, 5.41) is 4.10. The fourth-order valence-electron chi connectivity index (χ4n) is 1.04. The van der Waals surface area contributed by atoms with Crippen molar-refractivity contribution in [1.29, 1.82) is 0 Å². The molecule has 0 spiro atoms. The number of nitrogens with zero attached hydrogens (tertiary/aromatic N) is 2. The first kappa shape index (κ1) is 8.34. The van der Waals surface area contributed by atoms with Crippen LogP contribution in [0.1, 0.15) is 12.8 Å². The number of hydrogen-bond donors (Lipinski definition) is 0. The van der Waals surface area contributed by atoms with Crippen molar-refractivity contribution in [1.82, 2.24) is 9.78 Å². The molecule has 3 nitrogen and oxygen atoms in total. The van der Waals surface area contributed by atoms with E-state index in [4.69, 9.17) is 4.74 Å². The van der Waals surface area contributed by atoms with Gasteiger partial charge in [0.1, 0.15) is 0 Å². The third-order valence-corrected chi connectivity index (χ3v) is 2.74. The summed E-state index contributed by atoms with van der Waals surface area (Å²) in [6, 6.07) is 0. The summed E-state index contributed by atoms with van der Waals surface area (Å²) < 4.78 is 8.50. The van der Waals surface area contributed by atoms with Gasteiger partial charge < -0.3 is 4.74 Å². The Balaban J connectivity index is 1.99. The van der Waals surface area contributed by atoms with E-state index in [1.807, 2.05) is 13.2 Å². The summed E-state index contributed by atoms with van der Waals surface area (Å²) in [6.07, 6.45) is 4.48. The summed E-state index contributed by atoms with van der Waals surface area (Å²) in [5.41, 5.74) is 0. The smallest absolute Gasteiger partial charge is 0.225 e. The lowest BCUT2D eigenvalue weighted by molar-refractivity contribution is 0.273. The average molecular weight is 278 g/mol. The summed E-state index contributed by atoms with van der Waals surface area (Å²) in [5.74, 6) is 1.71. The molecular weight excluding hydrogens is 267 g/mol. The number of halogens is 1. The Labute approximate surface area is 85.2 Å². The van der Waals surface area contributed by atoms with E-state index in [0.29, 0.717) is 0 Å². The van der Waals surface area contributed by atoms with Gasteiger partial charge in [-0.2, -0.15) is 5.10 Å². The summed E-state index contributed by atoms with van der Waals surface area (Å²) >= 11 is 2.24. The van der Waals surface area contributed by atoms with E-state index in [2.05, 4.69) is 27.7 Å². The molecule has 1 aliphatic carbocycles. The molecule has 1 aromatic heterocycles. The van der Waals surface area contributed by atoms with Gasteiger partial charge in [-0.05, 0) is 41.4 Å². The van der Waals surface area contributed by atoms with Crippen LogP contribution in [-0.4, -0.2) is 16.4 Å². The predicted octanol–water partition coefficient (Wildman–Crippen LogP) is 1.81. The number of rotatable bonds is 3. The minimum atomic E-state index is 0.802. The van der Waals surface area contributed by atoms with Gasteiger partial charge in [0.25, 0.3) is 0 Å². The van der Waals surface area contributed by atoms with Gasteiger partial charge in [0.15, 0.2) is 0 Å².